The number of para-hydroxylation sites is 3. The number of rotatable bonds is 4. The molecular weight excluding hydrogens is 678 g/mol. The van der Waals surface area contributed by atoms with Gasteiger partial charge in [-0.3, -0.25) is 4.98 Å². The number of anilines is 6. The van der Waals surface area contributed by atoms with E-state index in [9.17, 15) is 0 Å². The SMILES string of the molecule is c1ccc(N2c3ccccc3Sc3c2cc2c4c3N(c3ccncc3)c3ccccc3B4c3ccccc3[Si]2(c2ccccc2)c2ccccc2)cc1. The maximum atomic E-state index is 4.48. The predicted octanol–water partition coefficient (Wildman–Crippen LogP) is 7.01. The summed E-state index contributed by atoms with van der Waals surface area (Å²) in [4.78, 5) is 12.0. The Labute approximate surface area is 315 Å². The molecule has 0 fully saturated rings. The minimum absolute atomic E-state index is 0.0618. The van der Waals surface area contributed by atoms with Gasteiger partial charge in [-0.25, -0.2) is 0 Å². The van der Waals surface area contributed by atoms with Crippen LogP contribution in [0.3, 0.4) is 0 Å². The van der Waals surface area contributed by atoms with Gasteiger partial charge in [-0.1, -0.05) is 151 Å². The quantitative estimate of drug-likeness (QED) is 0.183. The number of benzene rings is 7. The molecule has 53 heavy (non-hydrogen) atoms. The summed E-state index contributed by atoms with van der Waals surface area (Å²) in [7, 11) is -2.94. The summed E-state index contributed by atoms with van der Waals surface area (Å²) >= 11 is 1.90. The van der Waals surface area contributed by atoms with Crippen LogP contribution in [0.2, 0.25) is 0 Å². The van der Waals surface area contributed by atoms with E-state index in [0.29, 0.717) is 0 Å². The lowest BCUT2D eigenvalue weighted by atomic mass is 9.35. The van der Waals surface area contributed by atoms with Crippen molar-refractivity contribution in [1.29, 1.82) is 0 Å². The van der Waals surface area contributed by atoms with Gasteiger partial charge < -0.3 is 9.80 Å². The van der Waals surface area contributed by atoms with Gasteiger partial charge in [-0.05, 0) is 80.2 Å². The van der Waals surface area contributed by atoms with Crippen LogP contribution in [0, 0.1) is 0 Å². The van der Waals surface area contributed by atoms with Gasteiger partial charge in [0.15, 0.2) is 8.07 Å². The number of aromatic nitrogens is 1. The van der Waals surface area contributed by atoms with E-state index in [1.807, 2.05) is 24.2 Å². The summed E-state index contributed by atoms with van der Waals surface area (Å²) in [5.74, 6) is 0. The fourth-order valence-corrected chi connectivity index (χ4v) is 15.7. The maximum absolute atomic E-state index is 4.48. The third-order valence-corrected chi connectivity index (χ3v) is 17.3. The van der Waals surface area contributed by atoms with Crippen LogP contribution in [-0.4, -0.2) is 19.8 Å². The van der Waals surface area contributed by atoms with Crippen LogP contribution in [-0.2, 0) is 0 Å². The Kier molecular flexibility index (Phi) is 6.91. The molecule has 1 aromatic heterocycles. The molecule has 0 radical (unpaired) electrons. The first kappa shape index (κ1) is 30.5. The Morgan fingerprint density at radius 1 is 0.472 bits per heavy atom. The Morgan fingerprint density at radius 2 is 1.04 bits per heavy atom. The van der Waals surface area contributed by atoms with Gasteiger partial charge in [0.05, 0.1) is 22.0 Å². The van der Waals surface area contributed by atoms with Crippen LogP contribution in [0.15, 0.2) is 204 Å². The molecule has 11 rings (SSSR count). The third-order valence-electron chi connectivity index (χ3n) is 11.3. The molecule has 6 heteroatoms. The molecule has 0 N–H and O–H groups in total. The van der Waals surface area contributed by atoms with Crippen LogP contribution in [0.25, 0.3) is 0 Å². The largest absolute Gasteiger partial charge is 0.310 e. The van der Waals surface area contributed by atoms with Gasteiger partial charge in [0, 0.05) is 34.4 Å². The Hall–Kier alpha value is -6.08. The van der Waals surface area contributed by atoms with Crippen LogP contribution in [0.5, 0.6) is 0 Å². The molecule has 0 aliphatic carbocycles. The minimum atomic E-state index is -2.94. The molecule has 0 atom stereocenters. The smallest absolute Gasteiger partial charge is 0.246 e. The normalized spacial score (nSPS) is 14.4. The third kappa shape index (κ3) is 4.34. The average molecular weight is 710 g/mol. The van der Waals surface area contributed by atoms with Crippen molar-refractivity contribution in [2.75, 3.05) is 9.80 Å². The lowest BCUT2D eigenvalue weighted by molar-refractivity contribution is 1.14. The number of fused-ring (bicyclic) bond motifs is 7. The van der Waals surface area contributed by atoms with Gasteiger partial charge in [0.2, 0.25) is 6.71 Å². The van der Waals surface area contributed by atoms with Crippen molar-refractivity contribution < 1.29 is 0 Å². The van der Waals surface area contributed by atoms with Gasteiger partial charge >= 0.3 is 0 Å². The summed E-state index contributed by atoms with van der Waals surface area (Å²) in [5, 5.41) is 5.69. The summed E-state index contributed by atoms with van der Waals surface area (Å²) in [6.07, 6.45) is 3.85. The van der Waals surface area contributed by atoms with E-state index < -0.39 is 8.07 Å². The molecule has 0 unspecified atom stereocenters. The van der Waals surface area contributed by atoms with Gasteiger partial charge in [-0.2, -0.15) is 0 Å². The Balaban J connectivity index is 1.38. The zero-order valence-corrected chi connectivity index (χ0v) is 30.6. The topological polar surface area (TPSA) is 19.4 Å². The highest BCUT2D eigenvalue weighted by molar-refractivity contribution is 8.00. The number of hydrogen-bond donors (Lipinski definition) is 0. The van der Waals surface area contributed by atoms with Crippen LogP contribution in [0.1, 0.15) is 0 Å². The van der Waals surface area contributed by atoms with Crippen molar-refractivity contribution in [2.24, 2.45) is 0 Å². The number of hydrogen-bond acceptors (Lipinski definition) is 4. The second-order valence-electron chi connectivity index (χ2n) is 13.9. The molecule has 7 aromatic carbocycles. The van der Waals surface area contributed by atoms with E-state index in [2.05, 4.69) is 197 Å². The molecule has 0 saturated carbocycles. The lowest BCUT2D eigenvalue weighted by Gasteiger charge is -2.49. The first-order valence-electron chi connectivity index (χ1n) is 18.2. The van der Waals surface area contributed by atoms with Crippen molar-refractivity contribution in [3.05, 3.63) is 194 Å². The van der Waals surface area contributed by atoms with E-state index in [4.69, 9.17) is 0 Å². The summed E-state index contributed by atoms with van der Waals surface area (Å²) in [5.41, 5.74) is 11.3. The van der Waals surface area contributed by atoms with E-state index in [1.165, 1.54) is 69.7 Å². The van der Waals surface area contributed by atoms with E-state index in [-0.39, 0.29) is 6.71 Å². The zero-order valence-electron chi connectivity index (χ0n) is 28.8. The lowest BCUT2D eigenvalue weighted by Crippen LogP contribution is -2.87. The summed E-state index contributed by atoms with van der Waals surface area (Å²) < 4.78 is 0. The maximum Gasteiger partial charge on any atom is 0.246 e. The highest BCUT2D eigenvalue weighted by Gasteiger charge is 2.54. The summed E-state index contributed by atoms with van der Waals surface area (Å²) in [6, 6.07) is 67.9. The van der Waals surface area contributed by atoms with Crippen molar-refractivity contribution in [1.82, 2.24) is 4.98 Å². The highest BCUT2D eigenvalue weighted by Crippen LogP contribution is 2.56. The van der Waals surface area contributed by atoms with Gasteiger partial charge in [0.1, 0.15) is 0 Å². The van der Waals surface area contributed by atoms with E-state index in [0.717, 1.165) is 11.4 Å². The summed E-state index contributed by atoms with van der Waals surface area (Å²) in [6.45, 7) is 0.0618. The molecule has 0 bridgehead atoms. The van der Waals surface area contributed by atoms with Gasteiger partial charge in [0.25, 0.3) is 0 Å². The molecule has 248 valence electrons. The average Bonchev–Trinajstić information content (AvgIpc) is 3.24. The first-order valence-corrected chi connectivity index (χ1v) is 21.0. The van der Waals surface area contributed by atoms with Crippen LogP contribution in [0.4, 0.5) is 34.1 Å². The molecule has 3 nitrogen and oxygen atoms in total. The zero-order chi connectivity index (χ0) is 34.9. The Bertz CT molecular complexity index is 2630. The standard InChI is InChI=1S/C47H32BN3SSi/c1-4-16-33(17-5-1)50-40-25-13-14-26-42(40)52-47-41(50)32-44-45-46(47)51(34-28-30-49-31-29-34)39-24-12-10-22-37(39)48(45)38-23-11-15-27-43(38)53(44,35-18-6-2-7-19-35)36-20-8-3-9-21-36/h1-32H. The predicted molar refractivity (Wildman–Crippen MR) is 226 cm³/mol. The van der Waals surface area contributed by atoms with Crippen molar-refractivity contribution in [3.8, 4) is 0 Å². The van der Waals surface area contributed by atoms with E-state index in [1.54, 1.807) is 0 Å². The monoisotopic (exact) mass is 709 g/mol. The van der Waals surface area contributed by atoms with Crippen molar-refractivity contribution >= 4 is 97.8 Å². The molecular formula is C47H32BN3SSi. The van der Waals surface area contributed by atoms with Crippen LogP contribution < -0.4 is 46.9 Å². The molecule has 3 aliphatic heterocycles. The van der Waals surface area contributed by atoms with Crippen molar-refractivity contribution in [3.63, 3.8) is 0 Å². The second kappa shape index (κ2) is 12.0. The Morgan fingerprint density at radius 3 is 1.75 bits per heavy atom. The van der Waals surface area contributed by atoms with Crippen molar-refractivity contribution in [2.45, 2.75) is 9.79 Å². The van der Waals surface area contributed by atoms with Crippen LogP contribution >= 0.6 is 11.8 Å². The van der Waals surface area contributed by atoms with Gasteiger partial charge in [-0.15, -0.1) is 0 Å². The fourth-order valence-electron chi connectivity index (χ4n) is 9.26. The number of pyridine rings is 1. The molecule has 8 aromatic rings. The first-order chi connectivity index (χ1) is 26.3. The fraction of sp³-hybridized carbons (Fsp3) is 0. The molecule has 4 heterocycles. The molecule has 0 amide bonds. The number of nitrogens with zero attached hydrogens (tertiary/aromatic N) is 3. The second-order valence-corrected chi connectivity index (χ2v) is 18.7. The molecule has 0 saturated heterocycles. The van der Waals surface area contributed by atoms with E-state index >= 15 is 0 Å². The molecule has 3 aliphatic rings. The molecule has 0 spiro atoms. The highest BCUT2D eigenvalue weighted by atomic mass is 32.2. The minimum Gasteiger partial charge on any atom is -0.310 e.